The highest BCUT2D eigenvalue weighted by Gasteiger charge is 2.12. The maximum Gasteiger partial charge on any atom is 0.412 e. The third-order valence-electron chi connectivity index (χ3n) is 4.25. The number of benzene rings is 1. The van der Waals surface area contributed by atoms with Crippen molar-refractivity contribution in [2.45, 2.75) is 12.8 Å². The third-order valence-corrected chi connectivity index (χ3v) is 4.61. The summed E-state index contributed by atoms with van der Waals surface area (Å²) in [5.74, 6) is 0.365. The van der Waals surface area contributed by atoms with Crippen LogP contribution in [-0.2, 0) is 16.0 Å². The average molecular weight is 401 g/mol. The van der Waals surface area contributed by atoms with Gasteiger partial charge in [-0.25, -0.2) is 9.78 Å². The van der Waals surface area contributed by atoms with Crippen molar-refractivity contribution in [2.75, 3.05) is 25.5 Å². The lowest BCUT2D eigenvalue weighted by molar-refractivity contribution is -0.130. The van der Waals surface area contributed by atoms with Gasteiger partial charge in [-0.2, -0.15) is 0 Å². The van der Waals surface area contributed by atoms with Crippen LogP contribution in [-0.4, -0.2) is 46.5 Å². The molecule has 146 valence electrons. The molecule has 0 saturated heterocycles. The van der Waals surface area contributed by atoms with Gasteiger partial charge < -0.3 is 14.0 Å². The van der Waals surface area contributed by atoms with Crippen LogP contribution in [0.15, 0.2) is 54.9 Å². The molecule has 2 heterocycles. The molecule has 1 N–H and O–H groups in total. The zero-order valence-electron chi connectivity index (χ0n) is 15.5. The van der Waals surface area contributed by atoms with Crippen LogP contribution in [0.1, 0.15) is 12.0 Å². The fraction of sp³-hybridized carbons (Fsp3) is 0.250. The van der Waals surface area contributed by atoms with E-state index < -0.39 is 6.09 Å². The molecule has 0 aliphatic carbocycles. The Hall–Kier alpha value is -3.06. The topological polar surface area (TPSA) is 75.9 Å². The summed E-state index contributed by atoms with van der Waals surface area (Å²) in [4.78, 5) is 29.9. The number of rotatable bonds is 7. The molecule has 3 aromatic rings. The fourth-order valence-electron chi connectivity index (χ4n) is 2.67. The van der Waals surface area contributed by atoms with Crippen molar-refractivity contribution in [3.63, 3.8) is 0 Å². The molecule has 0 atom stereocenters. The number of amides is 2. The van der Waals surface area contributed by atoms with E-state index >= 15 is 0 Å². The standard InChI is InChI=1S/C20H21ClN4O3/c1-24(19(26)10-9-15-6-2-3-7-16(15)21)12-13-28-20(27)23-17-14-25-11-5-4-8-18(25)22-17/h2-8,11,14H,9-10,12-13H2,1H3,(H,23,27). The molecule has 0 aliphatic rings. The summed E-state index contributed by atoms with van der Waals surface area (Å²) >= 11 is 6.10. The Bertz CT molecular complexity index is 940. The highest BCUT2D eigenvalue weighted by molar-refractivity contribution is 6.31. The second kappa shape index (κ2) is 9.23. The molecule has 8 heteroatoms. The second-order valence-electron chi connectivity index (χ2n) is 6.26. The third kappa shape index (κ3) is 5.23. The fourth-order valence-corrected chi connectivity index (χ4v) is 2.90. The van der Waals surface area contributed by atoms with E-state index in [4.69, 9.17) is 16.3 Å². The molecule has 28 heavy (non-hydrogen) atoms. The Morgan fingerprint density at radius 3 is 2.79 bits per heavy atom. The lowest BCUT2D eigenvalue weighted by Crippen LogP contribution is -2.31. The van der Waals surface area contributed by atoms with E-state index in [-0.39, 0.29) is 12.5 Å². The van der Waals surface area contributed by atoms with E-state index in [9.17, 15) is 9.59 Å². The van der Waals surface area contributed by atoms with Crippen molar-refractivity contribution in [3.8, 4) is 0 Å². The molecule has 1 aromatic carbocycles. The van der Waals surface area contributed by atoms with Crippen LogP contribution in [0.2, 0.25) is 5.02 Å². The normalized spacial score (nSPS) is 10.6. The molecule has 7 nitrogen and oxygen atoms in total. The Labute approximate surface area is 167 Å². The SMILES string of the molecule is CN(CCOC(=O)Nc1cn2ccccc2n1)C(=O)CCc1ccccc1Cl. The van der Waals surface area contributed by atoms with Crippen molar-refractivity contribution in [3.05, 3.63) is 65.4 Å². The van der Waals surface area contributed by atoms with E-state index in [0.29, 0.717) is 30.2 Å². The van der Waals surface area contributed by atoms with Gasteiger partial charge in [-0.05, 0) is 30.2 Å². The number of imidazole rings is 1. The number of aromatic nitrogens is 2. The summed E-state index contributed by atoms with van der Waals surface area (Å²) in [6, 6.07) is 13.0. The van der Waals surface area contributed by atoms with Gasteiger partial charge in [0.2, 0.25) is 5.91 Å². The van der Waals surface area contributed by atoms with Crippen LogP contribution in [0.25, 0.3) is 5.65 Å². The molecule has 2 amide bonds. The van der Waals surface area contributed by atoms with Crippen LogP contribution in [0.4, 0.5) is 10.6 Å². The minimum absolute atomic E-state index is 0.0377. The van der Waals surface area contributed by atoms with Gasteiger partial charge in [-0.3, -0.25) is 10.1 Å². The molecule has 0 saturated carbocycles. The number of carbonyl (C=O) groups excluding carboxylic acids is 2. The summed E-state index contributed by atoms with van der Waals surface area (Å²) < 4.78 is 6.92. The van der Waals surface area contributed by atoms with Gasteiger partial charge in [-0.1, -0.05) is 35.9 Å². The predicted molar refractivity (Wildman–Crippen MR) is 108 cm³/mol. The number of carbonyl (C=O) groups is 2. The van der Waals surface area contributed by atoms with E-state index in [0.717, 1.165) is 11.2 Å². The molecule has 0 spiro atoms. The number of aryl methyl sites for hydroxylation is 1. The summed E-state index contributed by atoms with van der Waals surface area (Å²) in [5.41, 5.74) is 1.66. The minimum Gasteiger partial charge on any atom is -0.447 e. The number of fused-ring (bicyclic) bond motifs is 1. The van der Waals surface area contributed by atoms with Gasteiger partial charge in [0.25, 0.3) is 0 Å². The largest absolute Gasteiger partial charge is 0.447 e. The predicted octanol–water partition coefficient (Wildman–Crippen LogP) is 3.63. The van der Waals surface area contributed by atoms with Gasteiger partial charge in [0.05, 0.1) is 12.7 Å². The number of hydrogen-bond donors (Lipinski definition) is 1. The minimum atomic E-state index is -0.611. The van der Waals surface area contributed by atoms with Crippen molar-refractivity contribution in [1.29, 1.82) is 0 Å². The van der Waals surface area contributed by atoms with E-state index in [1.54, 1.807) is 23.7 Å². The number of hydrogen-bond acceptors (Lipinski definition) is 4. The number of nitrogens with one attached hydrogen (secondary N) is 1. The van der Waals surface area contributed by atoms with Gasteiger partial charge in [-0.15, -0.1) is 0 Å². The molecular weight excluding hydrogens is 380 g/mol. The highest BCUT2D eigenvalue weighted by Crippen LogP contribution is 2.16. The number of pyridine rings is 1. The second-order valence-corrected chi connectivity index (χ2v) is 6.67. The molecule has 2 aromatic heterocycles. The van der Waals surface area contributed by atoms with E-state index in [1.165, 1.54) is 4.90 Å². The lowest BCUT2D eigenvalue weighted by Gasteiger charge is -2.17. The van der Waals surface area contributed by atoms with Gasteiger partial charge in [0, 0.05) is 24.7 Å². The molecular formula is C20H21ClN4O3. The van der Waals surface area contributed by atoms with E-state index in [1.807, 2.05) is 42.6 Å². The number of likely N-dealkylation sites (N-methyl/N-ethyl adjacent to an activating group) is 1. The first-order chi connectivity index (χ1) is 13.5. The summed E-state index contributed by atoms with van der Waals surface area (Å²) in [7, 11) is 1.68. The van der Waals surface area contributed by atoms with Crippen LogP contribution >= 0.6 is 11.6 Å². The van der Waals surface area contributed by atoms with E-state index in [2.05, 4.69) is 10.3 Å². The first-order valence-corrected chi connectivity index (χ1v) is 9.25. The zero-order valence-corrected chi connectivity index (χ0v) is 16.2. The Balaban J connectivity index is 1.39. The van der Waals surface area contributed by atoms with Gasteiger partial charge in [0.1, 0.15) is 12.3 Å². The summed E-state index contributed by atoms with van der Waals surface area (Å²) in [6.07, 6.45) is 3.83. The Morgan fingerprint density at radius 1 is 1.21 bits per heavy atom. The van der Waals surface area contributed by atoms with Crippen LogP contribution in [0, 0.1) is 0 Å². The first-order valence-electron chi connectivity index (χ1n) is 8.88. The quantitative estimate of drug-likeness (QED) is 0.657. The van der Waals surface area contributed by atoms with Gasteiger partial charge in [0.15, 0.2) is 5.82 Å². The average Bonchev–Trinajstić information content (AvgIpc) is 3.09. The van der Waals surface area contributed by atoms with Gasteiger partial charge >= 0.3 is 6.09 Å². The summed E-state index contributed by atoms with van der Waals surface area (Å²) in [5, 5.41) is 3.23. The molecule has 0 unspecified atom stereocenters. The van der Waals surface area contributed by atoms with Crippen LogP contribution in [0.5, 0.6) is 0 Å². The number of anilines is 1. The maximum absolute atomic E-state index is 12.2. The monoisotopic (exact) mass is 400 g/mol. The molecule has 0 aliphatic heterocycles. The first kappa shape index (κ1) is 19.7. The molecule has 0 radical (unpaired) electrons. The number of halogens is 1. The van der Waals surface area contributed by atoms with Crippen LogP contribution in [0.3, 0.4) is 0 Å². The molecule has 0 fully saturated rings. The van der Waals surface area contributed by atoms with Crippen molar-refractivity contribution in [2.24, 2.45) is 0 Å². The Morgan fingerprint density at radius 2 is 2.00 bits per heavy atom. The van der Waals surface area contributed by atoms with Crippen molar-refractivity contribution >= 4 is 35.1 Å². The smallest absolute Gasteiger partial charge is 0.412 e. The van der Waals surface area contributed by atoms with Crippen LogP contribution < -0.4 is 5.32 Å². The molecule has 3 rings (SSSR count). The van der Waals surface area contributed by atoms with Crippen molar-refractivity contribution < 1.29 is 14.3 Å². The maximum atomic E-state index is 12.2. The number of ether oxygens (including phenoxy) is 1. The van der Waals surface area contributed by atoms with Crippen molar-refractivity contribution in [1.82, 2.24) is 14.3 Å². The molecule has 0 bridgehead atoms. The lowest BCUT2D eigenvalue weighted by atomic mass is 10.1. The number of nitrogens with zero attached hydrogens (tertiary/aromatic N) is 3. The summed E-state index contributed by atoms with van der Waals surface area (Å²) in [6.45, 7) is 0.396. The Kier molecular flexibility index (Phi) is 6.49. The zero-order chi connectivity index (χ0) is 19.9. The highest BCUT2D eigenvalue weighted by atomic mass is 35.5.